The largest absolute Gasteiger partial charge is 0.387 e. The summed E-state index contributed by atoms with van der Waals surface area (Å²) in [7, 11) is 0. The number of hydrogen-bond donors (Lipinski definition) is 1. The second-order valence-corrected chi connectivity index (χ2v) is 5.78. The van der Waals surface area contributed by atoms with Crippen LogP contribution in [0.4, 0.5) is 0 Å². The minimum absolute atomic E-state index is 0.106. The van der Waals surface area contributed by atoms with E-state index in [2.05, 4.69) is 25.8 Å². The van der Waals surface area contributed by atoms with Crippen LogP contribution in [0.1, 0.15) is 45.2 Å². The average molecular weight is 253 g/mol. The highest BCUT2D eigenvalue weighted by molar-refractivity contribution is 6.30. The summed E-state index contributed by atoms with van der Waals surface area (Å²) < 4.78 is 1.90. The Morgan fingerprint density at radius 2 is 2.06 bits per heavy atom. The third kappa shape index (κ3) is 2.17. The summed E-state index contributed by atoms with van der Waals surface area (Å²) in [6, 6.07) is 3.61. The maximum absolute atomic E-state index is 9.93. The molecule has 0 radical (unpaired) electrons. The number of imidazole rings is 1. The van der Waals surface area contributed by atoms with Crippen molar-refractivity contribution >= 4 is 17.2 Å². The van der Waals surface area contributed by atoms with Gasteiger partial charge in [-0.15, -0.1) is 0 Å². The Labute approximate surface area is 106 Å². The van der Waals surface area contributed by atoms with Crippen LogP contribution in [-0.4, -0.2) is 14.5 Å². The molecule has 0 bridgehead atoms. The van der Waals surface area contributed by atoms with Crippen molar-refractivity contribution in [3.63, 3.8) is 0 Å². The van der Waals surface area contributed by atoms with Crippen molar-refractivity contribution in [1.29, 1.82) is 0 Å². The van der Waals surface area contributed by atoms with E-state index in [1.165, 1.54) is 0 Å². The highest BCUT2D eigenvalue weighted by Gasteiger charge is 2.25. The maximum Gasteiger partial charge on any atom is 0.138 e. The highest BCUT2D eigenvalue weighted by Crippen LogP contribution is 2.30. The smallest absolute Gasteiger partial charge is 0.138 e. The number of aromatic nitrogens is 2. The lowest BCUT2D eigenvalue weighted by Gasteiger charge is -2.19. The number of halogens is 1. The van der Waals surface area contributed by atoms with Crippen molar-refractivity contribution in [2.75, 3.05) is 0 Å². The van der Waals surface area contributed by atoms with Gasteiger partial charge in [-0.2, -0.15) is 0 Å². The van der Waals surface area contributed by atoms with Crippen LogP contribution in [0.15, 0.2) is 18.3 Å². The topological polar surface area (TPSA) is 37.5 Å². The molecule has 92 valence electrons. The van der Waals surface area contributed by atoms with E-state index < -0.39 is 6.10 Å². The van der Waals surface area contributed by atoms with Gasteiger partial charge in [-0.05, 0) is 13.0 Å². The molecule has 3 nitrogen and oxygen atoms in total. The first kappa shape index (κ1) is 12.4. The molecule has 1 unspecified atom stereocenters. The van der Waals surface area contributed by atoms with E-state index in [4.69, 9.17) is 11.6 Å². The predicted molar refractivity (Wildman–Crippen MR) is 69.5 cm³/mol. The van der Waals surface area contributed by atoms with E-state index in [1.54, 1.807) is 13.0 Å². The number of rotatable bonds is 1. The van der Waals surface area contributed by atoms with E-state index in [0.717, 1.165) is 17.0 Å². The van der Waals surface area contributed by atoms with E-state index >= 15 is 0 Å². The molecule has 0 aliphatic carbocycles. The molecule has 0 fully saturated rings. The van der Waals surface area contributed by atoms with Crippen LogP contribution in [0.3, 0.4) is 0 Å². The zero-order chi connectivity index (χ0) is 12.8. The van der Waals surface area contributed by atoms with Crippen molar-refractivity contribution in [3.05, 3.63) is 34.7 Å². The number of fused-ring (bicyclic) bond motifs is 1. The van der Waals surface area contributed by atoms with E-state index in [1.807, 2.05) is 16.7 Å². The Kier molecular flexibility index (Phi) is 2.92. The Morgan fingerprint density at radius 1 is 1.41 bits per heavy atom. The number of aliphatic hydroxyl groups excluding tert-OH is 1. The molecule has 17 heavy (non-hydrogen) atoms. The van der Waals surface area contributed by atoms with Gasteiger partial charge in [-0.1, -0.05) is 32.4 Å². The summed E-state index contributed by atoms with van der Waals surface area (Å²) in [5.41, 5.74) is 2.42. The zero-order valence-electron chi connectivity index (χ0n) is 10.5. The van der Waals surface area contributed by atoms with Gasteiger partial charge in [-0.25, -0.2) is 4.98 Å². The minimum Gasteiger partial charge on any atom is -0.387 e. The van der Waals surface area contributed by atoms with Crippen LogP contribution in [0.5, 0.6) is 0 Å². The third-order valence-electron chi connectivity index (χ3n) is 2.73. The molecule has 0 amide bonds. The summed E-state index contributed by atoms with van der Waals surface area (Å²) in [4.78, 5) is 4.58. The molecule has 0 spiro atoms. The average Bonchev–Trinajstić information content (AvgIpc) is 2.55. The number of aliphatic hydroxyl groups is 1. The van der Waals surface area contributed by atoms with Crippen LogP contribution in [0.25, 0.3) is 5.65 Å². The molecule has 0 aromatic carbocycles. The monoisotopic (exact) mass is 252 g/mol. The lowest BCUT2D eigenvalue weighted by molar-refractivity contribution is 0.190. The summed E-state index contributed by atoms with van der Waals surface area (Å²) in [6.07, 6.45) is 1.29. The fourth-order valence-electron chi connectivity index (χ4n) is 1.99. The fraction of sp³-hybridized carbons (Fsp3) is 0.462. The van der Waals surface area contributed by atoms with Gasteiger partial charge in [0, 0.05) is 22.7 Å². The molecule has 0 aliphatic rings. The van der Waals surface area contributed by atoms with E-state index in [-0.39, 0.29) is 5.41 Å². The number of pyridine rings is 1. The van der Waals surface area contributed by atoms with Crippen LogP contribution in [-0.2, 0) is 5.41 Å². The SMILES string of the molecule is CC(O)c1c(C(C)(C)C)nc2cc(Cl)ccn12. The first-order chi connectivity index (χ1) is 7.80. The molecule has 2 rings (SSSR count). The number of hydrogen-bond acceptors (Lipinski definition) is 2. The Balaban J connectivity index is 2.80. The molecular weight excluding hydrogens is 236 g/mol. The van der Waals surface area contributed by atoms with Crippen LogP contribution in [0, 0.1) is 0 Å². The molecule has 0 aliphatic heterocycles. The van der Waals surface area contributed by atoms with Gasteiger partial charge in [0.2, 0.25) is 0 Å². The lowest BCUT2D eigenvalue weighted by atomic mass is 9.89. The molecule has 1 N–H and O–H groups in total. The first-order valence-electron chi connectivity index (χ1n) is 5.67. The Bertz CT molecular complexity index is 552. The van der Waals surface area contributed by atoms with E-state index in [0.29, 0.717) is 5.02 Å². The van der Waals surface area contributed by atoms with Crippen molar-refractivity contribution < 1.29 is 5.11 Å². The summed E-state index contributed by atoms with van der Waals surface area (Å²) in [5, 5.41) is 10.6. The van der Waals surface area contributed by atoms with Gasteiger partial charge in [0.25, 0.3) is 0 Å². The van der Waals surface area contributed by atoms with Crippen LogP contribution >= 0.6 is 11.6 Å². The molecule has 2 aromatic rings. The lowest BCUT2D eigenvalue weighted by Crippen LogP contribution is -2.16. The normalized spacial score (nSPS) is 14.2. The summed E-state index contributed by atoms with van der Waals surface area (Å²) in [5.74, 6) is 0. The van der Waals surface area contributed by atoms with Crippen LogP contribution in [0.2, 0.25) is 5.02 Å². The van der Waals surface area contributed by atoms with Gasteiger partial charge in [-0.3, -0.25) is 0 Å². The molecule has 0 saturated heterocycles. The summed E-state index contributed by atoms with van der Waals surface area (Å²) in [6.45, 7) is 8.01. The molecule has 2 heterocycles. The third-order valence-corrected chi connectivity index (χ3v) is 2.97. The van der Waals surface area contributed by atoms with Crippen LogP contribution < -0.4 is 0 Å². The maximum atomic E-state index is 9.93. The standard InChI is InChI=1S/C13H17ClN2O/c1-8(17)11-12(13(2,3)4)15-10-7-9(14)5-6-16(10)11/h5-8,17H,1-4H3. The van der Waals surface area contributed by atoms with Gasteiger partial charge in [0.1, 0.15) is 5.65 Å². The van der Waals surface area contributed by atoms with Gasteiger partial charge in [0.05, 0.1) is 17.5 Å². The second-order valence-electron chi connectivity index (χ2n) is 5.34. The predicted octanol–water partition coefficient (Wildman–Crippen LogP) is 3.34. The summed E-state index contributed by atoms with van der Waals surface area (Å²) >= 11 is 5.96. The van der Waals surface area contributed by atoms with Gasteiger partial charge in [0.15, 0.2) is 0 Å². The zero-order valence-corrected chi connectivity index (χ0v) is 11.3. The van der Waals surface area contributed by atoms with Gasteiger partial charge < -0.3 is 9.51 Å². The minimum atomic E-state index is -0.555. The van der Waals surface area contributed by atoms with Gasteiger partial charge >= 0.3 is 0 Å². The fourth-order valence-corrected chi connectivity index (χ4v) is 2.14. The van der Waals surface area contributed by atoms with Crippen molar-refractivity contribution in [1.82, 2.24) is 9.38 Å². The molecule has 0 saturated carbocycles. The second kappa shape index (κ2) is 4.00. The molecule has 2 aromatic heterocycles. The number of nitrogens with zero attached hydrogens (tertiary/aromatic N) is 2. The molecular formula is C13H17ClN2O. The highest BCUT2D eigenvalue weighted by atomic mass is 35.5. The quantitative estimate of drug-likeness (QED) is 0.845. The molecule has 1 atom stereocenters. The molecule has 4 heteroatoms. The van der Waals surface area contributed by atoms with Crippen molar-refractivity contribution in [2.24, 2.45) is 0 Å². The van der Waals surface area contributed by atoms with E-state index in [9.17, 15) is 5.11 Å². The first-order valence-corrected chi connectivity index (χ1v) is 6.04. The Hall–Kier alpha value is -1.06. The van der Waals surface area contributed by atoms with Crippen molar-refractivity contribution in [3.8, 4) is 0 Å². The Morgan fingerprint density at radius 3 is 2.59 bits per heavy atom. The van der Waals surface area contributed by atoms with Crippen molar-refractivity contribution in [2.45, 2.75) is 39.2 Å².